The molecule has 21 heavy (non-hydrogen) atoms. The van der Waals surface area contributed by atoms with Gasteiger partial charge in [-0.05, 0) is 36.5 Å². The molecule has 112 valence electrons. The van der Waals surface area contributed by atoms with E-state index >= 15 is 0 Å². The maximum absolute atomic E-state index is 12.5. The predicted octanol–water partition coefficient (Wildman–Crippen LogP) is 2.74. The number of hydrogen-bond donors (Lipinski definition) is 1. The quantitative estimate of drug-likeness (QED) is 0.862. The molecule has 0 aliphatic carbocycles. The molecule has 2 fully saturated rings. The smallest absolute Gasteiger partial charge is 0.255 e. The SMILES string of the molecule is O=C1CC2(CCN(C(=O)c3ccc(Cl)cc3Cl)CC2)CN1. The Balaban J connectivity index is 1.69. The Morgan fingerprint density at radius 3 is 2.52 bits per heavy atom. The van der Waals surface area contributed by atoms with Crippen molar-refractivity contribution in [3.8, 4) is 0 Å². The summed E-state index contributed by atoms with van der Waals surface area (Å²) in [5.74, 6) is 0.0549. The van der Waals surface area contributed by atoms with Crippen LogP contribution in [0.4, 0.5) is 0 Å². The first-order valence-corrected chi connectivity index (χ1v) is 7.76. The molecule has 4 nitrogen and oxygen atoms in total. The number of nitrogens with one attached hydrogen (secondary N) is 1. The Morgan fingerprint density at radius 2 is 1.95 bits per heavy atom. The van der Waals surface area contributed by atoms with E-state index in [1.807, 2.05) is 4.90 Å². The third kappa shape index (κ3) is 2.87. The molecule has 1 aromatic carbocycles. The number of carbonyl (C=O) groups excluding carboxylic acids is 2. The topological polar surface area (TPSA) is 49.4 Å². The first kappa shape index (κ1) is 14.7. The van der Waals surface area contributed by atoms with Crippen molar-refractivity contribution in [2.45, 2.75) is 19.3 Å². The van der Waals surface area contributed by atoms with Gasteiger partial charge in [0.25, 0.3) is 5.91 Å². The van der Waals surface area contributed by atoms with E-state index in [0.29, 0.717) is 35.1 Å². The zero-order chi connectivity index (χ0) is 15.0. The molecule has 0 aromatic heterocycles. The second kappa shape index (κ2) is 5.50. The molecule has 2 aliphatic heterocycles. The zero-order valence-corrected chi connectivity index (χ0v) is 13.0. The molecule has 0 unspecified atom stereocenters. The minimum absolute atomic E-state index is 0.0393. The number of rotatable bonds is 1. The molecule has 2 saturated heterocycles. The second-order valence-corrected chi connectivity index (χ2v) is 6.71. The molecule has 2 aliphatic rings. The van der Waals surface area contributed by atoms with Crippen LogP contribution in [0.5, 0.6) is 0 Å². The summed E-state index contributed by atoms with van der Waals surface area (Å²) < 4.78 is 0. The molecule has 2 heterocycles. The molecule has 1 aromatic rings. The van der Waals surface area contributed by atoms with E-state index in [2.05, 4.69) is 5.32 Å². The van der Waals surface area contributed by atoms with Crippen LogP contribution in [0.3, 0.4) is 0 Å². The van der Waals surface area contributed by atoms with Crippen LogP contribution in [0.15, 0.2) is 18.2 Å². The van der Waals surface area contributed by atoms with E-state index in [0.717, 1.165) is 19.4 Å². The van der Waals surface area contributed by atoms with Gasteiger partial charge in [0.1, 0.15) is 0 Å². The van der Waals surface area contributed by atoms with Gasteiger partial charge >= 0.3 is 0 Å². The fourth-order valence-electron chi connectivity index (χ4n) is 3.12. The van der Waals surface area contributed by atoms with Crippen molar-refractivity contribution < 1.29 is 9.59 Å². The minimum Gasteiger partial charge on any atom is -0.356 e. The molecular formula is C15H16Cl2N2O2. The summed E-state index contributed by atoms with van der Waals surface area (Å²) >= 11 is 12.0. The molecule has 2 amide bonds. The third-order valence-electron chi connectivity index (χ3n) is 4.47. The molecule has 0 atom stereocenters. The number of piperidine rings is 1. The van der Waals surface area contributed by atoms with Crippen molar-refractivity contribution in [1.82, 2.24) is 10.2 Å². The van der Waals surface area contributed by atoms with Crippen molar-refractivity contribution in [1.29, 1.82) is 0 Å². The molecule has 1 N–H and O–H groups in total. The van der Waals surface area contributed by atoms with Gasteiger partial charge in [0.15, 0.2) is 0 Å². The number of nitrogens with zero attached hydrogens (tertiary/aromatic N) is 1. The first-order valence-electron chi connectivity index (χ1n) is 7.00. The lowest BCUT2D eigenvalue weighted by Gasteiger charge is -2.38. The Kier molecular flexibility index (Phi) is 3.84. The summed E-state index contributed by atoms with van der Waals surface area (Å²) in [6, 6.07) is 4.92. The van der Waals surface area contributed by atoms with Crippen molar-refractivity contribution in [3.63, 3.8) is 0 Å². The highest BCUT2D eigenvalue weighted by Gasteiger charge is 2.41. The van der Waals surface area contributed by atoms with Gasteiger partial charge in [-0.1, -0.05) is 23.2 Å². The molecule has 1 spiro atoms. The fraction of sp³-hybridized carbons (Fsp3) is 0.467. The van der Waals surface area contributed by atoms with Crippen molar-refractivity contribution in [2.24, 2.45) is 5.41 Å². The normalized spacial score (nSPS) is 20.7. The van der Waals surface area contributed by atoms with E-state index in [1.165, 1.54) is 0 Å². The fourth-order valence-corrected chi connectivity index (χ4v) is 3.61. The molecule has 0 saturated carbocycles. The maximum Gasteiger partial charge on any atom is 0.255 e. The minimum atomic E-state index is -0.0659. The number of halogens is 2. The molecule has 6 heteroatoms. The molecule has 3 rings (SSSR count). The van der Waals surface area contributed by atoms with Crippen LogP contribution >= 0.6 is 23.2 Å². The maximum atomic E-state index is 12.5. The highest BCUT2D eigenvalue weighted by Crippen LogP contribution is 2.38. The Bertz CT molecular complexity index is 595. The Hall–Kier alpha value is -1.26. The average Bonchev–Trinajstić information content (AvgIpc) is 2.80. The van der Waals surface area contributed by atoms with Gasteiger partial charge in [0, 0.05) is 31.1 Å². The van der Waals surface area contributed by atoms with Gasteiger partial charge < -0.3 is 10.2 Å². The van der Waals surface area contributed by atoms with E-state index in [-0.39, 0.29) is 17.2 Å². The lowest BCUT2D eigenvalue weighted by molar-refractivity contribution is -0.119. The van der Waals surface area contributed by atoms with Crippen molar-refractivity contribution >= 4 is 35.0 Å². The van der Waals surface area contributed by atoms with Gasteiger partial charge in [-0.25, -0.2) is 0 Å². The van der Waals surface area contributed by atoms with E-state index < -0.39 is 0 Å². The van der Waals surface area contributed by atoms with Crippen LogP contribution < -0.4 is 5.32 Å². The summed E-state index contributed by atoms with van der Waals surface area (Å²) in [6.45, 7) is 2.05. The van der Waals surface area contributed by atoms with Crippen LogP contribution in [0, 0.1) is 5.41 Å². The Morgan fingerprint density at radius 1 is 1.24 bits per heavy atom. The summed E-state index contributed by atoms with van der Waals surface area (Å²) in [7, 11) is 0. The van der Waals surface area contributed by atoms with E-state index in [1.54, 1.807) is 18.2 Å². The first-order chi connectivity index (χ1) is 9.99. The average molecular weight is 327 g/mol. The second-order valence-electron chi connectivity index (χ2n) is 5.87. The highest BCUT2D eigenvalue weighted by atomic mass is 35.5. The van der Waals surface area contributed by atoms with Gasteiger partial charge in [-0.2, -0.15) is 0 Å². The number of carbonyl (C=O) groups is 2. The predicted molar refractivity (Wildman–Crippen MR) is 81.7 cm³/mol. The van der Waals surface area contributed by atoms with Crippen LogP contribution in [-0.2, 0) is 4.79 Å². The summed E-state index contributed by atoms with van der Waals surface area (Å²) in [5.41, 5.74) is 0.523. The number of hydrogen-bond acceptors (Lipinski definition) is 2. The number of amides is 2. The van der Waals surface area contributed by atoms with Crippen molar-refractivity contribution in [3.05, 3.63) is 33.8 Å². The van der Waals surface area contributed by atoms with Crippen LogP contribution in [0.2, 0.25) is 10.0 Å². The largest absolute Gasteiger partial charge is 0.356 e. The van der Waals surface area contributed by atoms with Crippen LogP contribution in [-0.4, -0.2) is 36.3 Å². The number of benzene rings is 1. The summed E-state index contributed by atoms with van der Waals surface area (Å²) in [6.07, 6.45) is 2.28. The molecular weight excluding hydrogens is 311 g/mol. The summed E-state index contributed by atoms with van der Waals surface area (Å²) in [4.78, 5) is 25.7. The summed E-state index contributed by atoms with van der Waals surface area (Å²) in [5, 5.41) is 3.79. The van der Waals surface area contributed by atoms with Gasteiger partial charge in [0.05, 0.1) is 10.6 Å². The lowest BCUT2D eigenvalue weighted by Crippen LogP contribution is -2.44. The van der Waals surface area contributed by atoms with Gasteiger partial charge in [-0.15, -0.1) is 0 Å². The number of likely N-dealkylation sites (tertiary alicyclic amines) is 1. The van der Waals surface area contributed by atoms with Crippen LogP contribution in [0.25, 0.3) is 0 Å². The molecule has 0 bridgehead atoms. The monoisotopic (exact) mass is 326 g/mol. The standard InChI is InChI=1S/C15H16Cl2N2O2/c16-10-1-2-11(12(17)7-10)14(21)19-5-3-15(4-6-19)8-13(20)18-9-15/h1-2,7H,3-6,8-9H2,(H,18,20). The van der Waals surface area contributed by atoms with Crippen LogP contribution in [0.1, 0.15) is 29.6 Å². The van der Waals surface area contributed by atoms with E-state index in [9.17, 15) is 9.59 Å². The highest BCUT2D eigenvalue weighted by molar-refractivity contribution is 6.36. The third-order valence-corrected chi connectivity index (χ3v) is 5.02. The molecule has 0 radical (unpaired) electrons. The lowest BCUT2D eigenvalue weighted by atomic mass is 9.77. The van der Waals surface area contributed by atoms with Gasteiger partial charge in [0.2, 0.25) is 5.91 Å². The van der Waals surface area contributed by atoms with Crippen molar-refractivity contribution in [2.75, 3.05) is 19.6 Å². The van der Waals surface area contributed by atoms with Gasteiger partial charge in [-0.3, -0.25) is 9.59 Å². The Labute approximate surface area is 133 Å². The van der Waals surface area contributed by atoms with E-state index in [4.69, 9.17) is 23.2 Å². The zero-order valence-electron chi connectivity index (χ0n) is 11.5.